The highest BCUT2D eigenvalue weighted by Gasteiger charge is 2.19. The number of benzene rings is 3. The molecule has 5 rings (SSSR count). The van der Waals surface area contributed by atoms with Gasteiger partial charge in [0.2, 0.25) is 0 Å². The SMILES string of the molecule is Fc1ccc(-c2nn(-c3ccccc3)c3c2cnc2c(F)cc(F)cc23)cc1. The van der Waals surface area contributed by atoms with E-state index in [1.165, 1.54) is 24.4 Å². The van der Waals surface area contributed by atoms with Crippen LogP contribution in [-0.4, -0.2) is 14.8 Å². The fourth-order valence-electron chi connectivity index (χ4n) is 3.40. The van der Waals surface area contributed by atoms with Crippen molar-refractivity contribution in [3.05, 3.63) is 90.4 Å². The van der Waals surface area contributed by atoms with E-state index in [0.717, 1.165) is 11.8 Å². The van der Waals surface area contributed by atoms with Crippen LogP contribution in [0.15, 0.2) is 72.9 Å². The standard InChI is InChI=1S/C22H12F3N3/c23-14-8-6-13(7-9-14)20-18-12-26-21-17(10-15(24)11-19(21)25)22(18)28(27-20)16-4-2-1-3-5-16/h1-12H. The zero-order valence-corrected chi connectivity index (χ0v) is 14.4. The number of fused-ring (bicyclic) bond motifs is 3. The average Bonchev–Trinajstić information content (AvgIpc) is 3.09. The highest BCUT2D eigenvalue weighted by Crippen LogP contribution is 2.34. The van der Waals surface area contributed by atoms with Gasteiger partial charge in [0.15, 0.2) is 5.82 Å². The highest BCUT2D eigenvalue weighted by atomic mass is 19.1. The minimum Gasteiger partial charge on any atom is -0.252 e. The molecule has 0 aliphatic carbocycles. The minimum atomic E-state index is -0.735. The molecule has 0 aliphatic rings. The molecule has 0 atom stereocenters. The summed E-state index contributed by atoms with van der Waals surface area (Å²) in [5, 5.41) is 5.62. The summed E-state index contributed by atoms with van der Waals surface area (Å²) >= 11 is 0. The van der Waals surface area contributed by atoms with Crippen molar-refractivity contribution in [2.45, 2.75) is 0 Å². The molecule has 0 aliphatic heterocycles. The normalized spacial score (nSPS) is 11.4. The maximum atomic E-state index is 14.3. The molecule has 2 heterocycles. The second kappa shape index (κ2) is 6.20. The molecule has 0 amide bonds. The third-order valence-electron chi connectivity index (χ3n) is 4.65. The van der Waals surface area contributed by atoms with Crippen molar-refractivity contribution < 1.29 is 13.2 Å². The van der Waals surface area contributed by atoms with Gasteiger partial charge in [0, 0.05) is 28.6 Å². The van der Waals surface area contributed by atoms with Crippen LogP contribution in [0.3, 0.4) is 0 Å². The Morgan fingerprint density at radius 3 is 2.25 bits per heavy atom. The smallest absolute Gasteiger partial charge is 0.152 e. The first kappa shape index (κ1) is 16.5. The monoisotopic (exact) mass is 375 g/mol. The van der Waals surface area contributed by atoms with Gasteiger partial charge in [-0.2, -0.15) is 5.10 Å². The van der Waals surface area contributed by atoms with Crippen LogP contribution >= 0.6 is 0 Å². The summed E-state index contributed by atoms with van der Waals surface area (Å²) < 4.78 is 43.3. The van der Waals surface area contributed by atoms with Crippen molar-refractivity contribution in [1.82, 2.24) is 14.8 Å². The molecule has 6 heteroatoms. The maximum Gasteiger partial charge on any atom is 0.152 e. The lowest BCUT2D eigenvalue weighted by atomic mass is 10.1. The van der Waals surface area contributed by atoms with Crippen LogP contribution in [0.4, 0.5) is 13.2 Å². The summed E-state index contributed by atoms with van der Waals surface area (Å²) in [5.41, 5.74) is 2.57. The van der Waals surface area contributed by atoms with Crippen LogP contribution in [0.25, 0.3) is 38.8 Å². The molecule has 0 N–H and O–H groups in total. The quantitative estimate of drug-likeness (QED) is 0.399. The zero-order valence-electron chi connectivity index (χ0n) is 14.4. The second-order valence-electron chi connectivity index (χ2n) is 6.41. The number of halogens is 3. The number of hydrogen-bond acceptors (Lipinski definition) is 2. The van der Waals surface area contributed by atoms with Gasteiger partial charge in [0.1, 0.15) is 22.8 Å². The number of aromatic nitrogens is 3. The summed E-state index contributed by atoms with van der Waals surface area (Å²) in [4.78, 5) is 4.19. The van der Waals surface area contributed by atoms with Gasteiger partial charge < -0.3 is 0 Å². The van der Waals surface area contributed by atoms with Gasteiger partial charge >= 0.3 is 0 Å². The molecule has 3 aromatic carbocycles. The van der Waals surface area contributed by atoms with Crippen molar-refractivity contribution >= 4 is 21.8 Å². The largest absolute Gasteiger partial charge is 0.252 e. The molecule has 0 bridgehead atoms. The van der Waals surface area contributed by atoms with Gasteiger partial charge in [0.25, 0.3) is 0 Å². The van der Waals surface area contributed by atoms with E-state index >= 15 is 0 Å². The van der Waals surface area contributed by atoms with Crippen molar-refractivity contribution in [2.24, 2.45) is 0 Å². The van der Waals surface area contributed by atoms with Gasteiger partial charge in [-0.3, -0.25) is 4.98 Å². The third-order valence-corrected chi connectivity index (χ3v) is 4.65. The maximum absolute atomic E-state index is 14.3. The predicted octanol–water partition coefficient (Wildman–Crippen LogP) is 5.66. The van der Waals surface area contributed by atoms with Crippen molar-refractivity contribution in [3.63, 3.8) is 0 Å². The molecule has 2 aromatic heterocycles. The molecule has 136 valence electrons. The number of nitrogens with zero attached hydrogens (tertiary/aromatic N) is 3. The second-order valence-corrected chi connectivity index (χ2v) is 6.41. The molecular formula is C22H12F3N3. The van der Waals surface area contributed by atoms with Crippen LogP contribution in [-0.2, 0) is 0 Å². The van der Waals surface area contributed by atoms with E-state index < -0.39 is 11.6 Å². The summed E-state index contributed by atoms with van der Waals surface area (Å²) in [6, 6.07) is 17.3. The summed E-state index contributed by atoms with van der Waals surface area (Å²) in [6.45, 7) is 0. The lowest BCUT2D eigenvalue weighted by molar-refractivity contribution is 0.590. The van der Waals surface area contributed by atoms with Crippen LogP contribution in [0.1, 0.15) is 0 Å². The minimum absolute atomic E-state index is 0.0663. The Bertz CT molecular complexity index is 1330. The number of para-hydroxylation sites is 1. The molecule has 28 heavy (non-hydrogen) atoms. The Morgan fingerprint density at radius 1 is 0.750 bits per heavy atom. The third kappa shape index (κ3) is 2.53. The lowest BCUT2D eigenvalue weighted by Gasteiger charge is -2.06. The molecule has 3 nitrogen and oxygen atoms in total. The van der Waals surface area contributed by atoms with Crippen LogP contribution in [0, 0.1) is 17.5 Å². The van der Waals surface area contributed by atoms with E-state index in [1.807, 2.05) is 30.3 Å². The summed E-state index contributed by atoms with van der Waals surface area (Å²) in [5.74, 6) is -1.78. The molecule has 5 aromatic rings. The number of rotatable bonds is 2. The van der Waals surface area contributed by atoms with Crippen LogP contribution < -0.4 is 0 Å². The van der Waals surface area contributed by atoms with Crippen molar-refractivity contribution in [2.75, 3.05) is 0 Å². The fourth-order valence-corrected chi connectivity index (χ4v) is 3.40. The number of hydrogen-bond donors (Lipinski definition) is 0. The van der Waals surface area contributed by atoms with E-state index in [9.17, 15) is 13.2 Å². The topological polar surface area (TPSA) is 30.7 Å². The first-order valence-corrected chi connectivity index (χ1v) is 8.59. The first-order valence-electron chi connectivity index (χ1n) is 8.59. The van der Waals surface area contributed by atoms with Gasteiger partial charge in [-0.1, -0.05) is 18.2 Å². The Hall–Kier alpha value is -3.67. The van der Waals surface area contributed by atoms with Crippen LogP contribution in [0.2, 0.25) is 0 Å². The van der Waals surface area contributed by atoms with Crippen LogP contribution in [0.5, 0.6) is 0 Å². The molecule has 0 saturated carbocycles. The summed E-state index contributed by atoms with van der Waals surface area (Å²) in [6.07, 6.45) is 1.52. The van der Waals surface area contributed by atoms with E-state index in [2.05, 4.69) is 10.1 Å². The predicted molar refractivity (Wildman–Crippen MR) is 102 cm³/mol. The van der Waals surface area contributed by atoms with Gasteiger partial charge in [0.05, 0.1) is 11.2 Å². The molecule has 0 spiro atoms. The Labute approximate surface area is 157 Å². The molecule has 0 unspecified atom stereocenters. The Morgan fingerprint density at radius 2 is 1.50 bits per heavy atom. The molecular weight excluding hydrogens is 363 g/mol. The Balaban J connectivity index is 1.93. The molecule has 0 fully saturated rings. The molecule has 0 radical (unpaired) electrons. The fraction of sp³-hybridized carbons (Fsp3) is 0. The lowest BCUT2D eigenvalue weighted by Crippen LogP contribution is -1.97. The molecule has 0 saturated heterocycles. The zero-order chi connectivity index (χ0) is 19.3. The van der Waals surface area contributed by atoms with Crippen molar-refractivity contribution in [1.29, 1.82) is 0 Å². The van der Waals surface area contributed by atoms with Crippen molar-refractivity contribution in [3.8, 4) is 16.9 Å². The summed E-state index contributed by atoms with van der Waals surface area (Å²) in [7, 11) is 0. The van der Waals surface area contributed by atoms with Gasteiger partial charge in [-0.05, 0) is 42.5 Å². The highest BCUT2D eigenvalue weighted by molar-refractivity contribution is 6.08. The first-order chi connectivity index (χ1) is 13.6. The van der Waals surface area contributed by atoms with Gasteiger partial charge in [-0.15, -0.1) is 0 Å². The average molecular weight is 375 g/mol. The van der Waals surface area contributed by atoms with E-state index in [1.54, 1.807) is 16.8 Å². The number of pyridine rings is 1. The van der Waals surface area contributed by atoms with E-state index in [4.69, 9.17) is 0 Å². The van der Waals surface area contributed by atoms with Gasteiger partial charge in [-0.25, -0.2) is 17.9 Å². The van der Waals surface area contributed by atoms with E-state index in [0.29, 0.717) is 27.5 Å². The van der Waals surface area contributed by atoms with E-state index in [-0.39, 0.29) is 11.3 Å². The Kier molecular flexibility index (Phi) is 3.65.